The fourth-order valence-corrected chi connectivity index (χ4v) is 4.71. The van der Waals surface area contributed by atoms with E-state index in [1.165, 1.54) is 28.6 Å². The number of benzene rings is 2. The van der Waals surface area contributed by atoms with E-state index in [-0.39, 0.29) is 30.4 Å². The second kappa shape index (κ2) is 9.84. The molecule has 2 aromatic carbocycles. The fraction of sp³-hybridized carbons (Fsp3) is 0.350. The Morgan fingerprint density at radius 3 is 2.25 bits per heavy atom. The summed E-state index contributed by atoms with van der Waals surface area (Å²) in [5, 5.41) is 2.65. The van der Waals surface area contributed by atoms with Gasteiger partial charge < -0.3 is 10.1 Å². The molecule has 174 valence electrons. The van der Waals surface area contributed by atoms with E-state index in [0.717, 1.165) is 24.3 Å². The number of nitrogens with zero attached hydrogens (tertiary/aromatic N) is 2. The molecule has 1 N–H and O–H groups in total. The van der Waals surface area contributed by atoms with Gasteiger partial charge in [-0.05, 0) is 61.5 Å². The van der Waals surface area contributed by atoms with Crippen molar-refractivity contribution >= 4 is 21.6 Å². The molecule has 1 fully saturated rings. The molecule has 0 saturated carbocycles. The first kappa shape index (κ1) is 24.0. The summed E-state index contributed by atoms with van der Waals surface area (Å²) in [6, 6.07) is 9.36. The molecule has 1 amide bonds. The van der Waals surface area contributed by atoms with Crippen LogP contribution in [0.1, 0.15) is 6.42 Å². The summed E-state index contributed by atoms with van der Waals surface area (Å²) in [7, 11) is -3.92. The van der Waals surface area contributed by atoms with Crippen LogP contribution in [0.25, 0.3) is 0 Å². The van der Waals surface area contributed by atoms with Crippen LogP contribution >= 0.6 is 0 Å². The molecular formula is C20H21F4N3O4S. The Morgan fingerprint density at radius 2 is 1.62 bits per heavy atom. The maximum Gasteiger partial charge on any atom is 0.573 e. The van der Waals surface area contributed by atoms with E-state index in [0.29, 0.717) is 25.2 Å². The van der Waals surface area contributed by atoms with Crippen LogP contribution in [-0.4, -0.2) is 62.6 Å². The Morgan fingerprint density at radius 1 is 0.969 bits per heavy atom. The molecule has 3 rings (SSSR count). The Bertz CT molecular complexity index is 1030. The summed E-state index contributed by atoms with van der Waals surface area (Å²) in [6.07, 6.45) is -4.39. The largest absolute Gasteiger partial charge is 0.573 e. The first-order valence-corrected chi connectivity index (χ1v) is 11.1. The number of amides is 1. The summed E-state index contributed by atoms with van der Waals surface area (Å²) >= 11 is 0. The minimum Gasteiger partial charge on any atom is -0.406 e. The van der Waals surface area contributed by atoms with Gasteiger partial charge in [-0.25, -0.2) is 12.8 Å². The van der Waals surface area contributed by atoms with Crippen LogP contribution in [0.4, 0.5) is 23.2 Å². The summed E-state index contributed by atoms with van der Waals surface area (Å²) < 4.78 is 80.5. The molecule has 1 saturated heterocycles. The predicted molar refractivity (Wildman–Crippen MR) is 108 cm³/mol. The minimum absolute atomic E-state index is 0.0365. The van der Waals surface area contributed by atoms with E-state index in [2.05, 4.69) is 10.1 Å². The van der Waals surface area contributed by atoms with E-state index in [4.69, 9.17) is 0 Å². The molecule has 1 heterocycles. The van der Waals surface area contributed by atoms with Crippen molar-refractivity contribution in [3.8, 4) is 5.75 Å². The molecular weight excluding hydrogens is 454 g/mol. The number of anilines is 1. The van der Waals surface area contributed by atoms with Crippen molar-refractivity contribution in [3.05, 3.63) is 54.3 Å². The summed E-state index contributed by atoms with van der Waals surface area (Å²) in [5.41, 5.74) is 0.452. The topological polar surface area (TPSA) is 79.0 Å². The fourth-order valence-electron chi connectivity index (χ4n) is 3.24. The van der Waals surface area contributed by atoms with Crippen LogP contribution in [0, 0.1) is 5.82 Å². The Balaban J connectivity index is 1.57. The van der Waals surface area contributed by atoms with Crippen LogP contribution in [0.15, 0.2) is 53.4 Å². The highest BCUT2D eigenvalue weighted by Crippen LogP contribution is 2.25. The van der Waals surface area contributed by atoms with Gasteiger partial charge >= 0.3 is 6.36 Å². The zero-order valence-electron chi connectivity index (χ0n) is 16.8. The van der Waals surface area contributed by atoms with Crippen LogP contribution < -0.4 is 10.1 Å². The number of rotatable bonds is 6. The van der Waals surface area contributed by atoms with Crippen LogP contribution in [-0.2, 0) is 14.8 Å². The Labute approximate surface area is 182 Å². The van der Waals surface area contributed by atoms with Crippen LogP contribution in [0.2, 0.25) is 0 Å². The average Bonchev–Trinajstić information content (AvgIpc) is 2.95. The normalized spacial score (nSPS) is 16.4. The van der Waals surface area contributed by atoms with Crippen molar-refractivity contribution in [3.63, 3.8) is 0 Å². The number of hydrogen-bond donors (Lipinski definition) is 1. The third kappa shape index (κ3) is 6.65. The van der Waals surface area contributed by atoms with Gasteiger partial charge in [0.05, 0.1) is 11.4 Å². The number of ether oxygens (including phenoxy) is 1. The molecule has 0 unspecified atom stereocenters. The maximum absolute atomic E-state index is 13.0. The highest BCUT2D eigenvalue weighted by atomic mass is 32.2. The quantitative estimate of drug-likeness (QED) is 0.650. The molecule has 0 radical (unpaired) electrons. The molecule has 1 aliphatic heterocycles. The lowest BCUT2D eigenvalue weighted by molar-refractivity contribution is -0.274. The van der Waals surface area contributed by atoms with E-state index < -0.39 is 28.0 Å². The first-order chi connectivity index (χ1) is 15.0. The maximum atomic E-state index is 13.0. The highest BCUT2D eigenvalue weighted by Gasteiger charge is 2.32. The van der Waals surface area contributed by atoms with Crippen molar-refractivity contribution < 1.29 is 35.5 Å². The molecule has 1 aliphatic rings. The van der Waals surface area contributed by atoms with Gasteiger partial charge in [-0.15, -0.1) is 13.2 Å². The summed E-state index contributed by atoms with van der Waals surface area (Å²) in [6.45, 7) is 1.15. The summed E-state index contributed by atoms with van der Waals surface area (Å²) in [5.74, 6) is -1.24. The number of sulfonamides is 1. The van der Waals surface area contributed by atoms with Crippen molar-refractivity contribution in [1.82, 2.24) is 9.21 Å². The molecule has 0 bridgehead atoms. The van der Waals surface area contributed by atoms with Crippen LogP contribution in [0.5, 0.6) is 5.75 Å². The Kier molecular flexibility index (Phi) is 7.36. The standard InChI is InChI=1S/C20H21F4N3O4S/c21-15-2-4-16(5-3-15)25-19(28)14-26-10-1-11-27(13-12-26)32(29,30)18-8-6-17(7-9-18)31-20(22,23)24/h2-9H,1,10-14H2,(H,25,28). The van der Waals surface area contributed by atoms with Gasteiger partial charge in [0, 0.05) is 25.3 Å². The van der Waals surface area contributed by atoms with E-state index >= 15 is 0 Å². The van der Waals surface area contributed by atoms with Crippen molar-refractivity contribution in [2.24, 2.45) is 0 Å². The van der Waals surface area contributed by atoms with Crippen molar-refractivity contribution in [2.75, 3.05) is 38.0 Å². The average molecular weight is 475 g/mol. The number of carbonyl (C=O) groups excluding carboxylic acids is 1. The monoisotopic (exact) mass is 475 g/mol. The number of halogens is 4. The van der Waals surface area contributed by atoms with Gasteiger partial charge in [-0.1, -0.05) is 0 Å². The molecule has 0 atom stereocenters. The Hall–Kier alpha value is -2.70. The highest BCUT2D eigenvalue weighted by molar-refractivity contribution is 7.89. The third-order valence-electron chi connectivity index (χ3n) is 4.74. The number of carbonyl (C=O) groups is 1. The molecule has 0 aromatic heterocycles. The smallest absolute Gasteiger partial charge is 0.406 e. The molecule has 0 aliphatic carbocycles. The number of nitrogens with one attached hydrogen (secondary N) is 1. The first-order valence-electron chi connectivity index (χ1n) is 9.67. The van der Waals surface area contributed by atoms with Gasteiger partial charge in [0.25, 0.3) is 0 Å². The summed E-state index contributed by atoms with van der Waals surface area (Å²) in [4.78, 5) is 13.9. The molecule has 7 nitrogen and oxygen atoms in total. The van der Waals surface area contributed by atoms with Crippen molar-refractivity contribution in [1.29, 1.82) is 0 Å². The minimum atomic E-state index is -4.86. The van der Waals surface area contributed by atoms with Gasteiger partial charge in [-0.2, -0.15) is 4.31 Å². The zero-order chi connectivity index (χ0) is 23.4. The van der Waals surface area contributed by atoms with Crippen LogP contribution in [0.3, 0.4) is 0 Å². The molecule has 2 aromatic rings. The SMILES string of the molecule is O=C(CN1CCCN(S(=O)(=O)c2ccc(OC(F)(F)F)cc2)CC1)Nc1ccc(F)cc1. The van der Waals surface area contributed by atoms with E-state index in [9.17, 15) is 30.8 Å². The van der Waals surface area contributed by atoms with E-state index in [1.54, 1.807) is 4.90 Å². The predicted octanol–water partition coefficient (Wildman–Crippen LogP) is 3.06. The molecule has 32 heavy (non-hydrogen) atoms. The second-order valence-corrected chi connectivity index (χ2v) is 9.05. The zero-order valence-corrected chi connectivity index (χ0v) is 17.6. The number of alkyl halides is 3. The lowest BCUT2D eigenvalue weighted by Crippen LogP contribution is -2.38. The third-order valence-corrected chi connectivity index (χ3v) is 6.65. The second-order valence-electron chi connectivity index (χ2n) is 7.11. The molecule has 12 heteroatoms. The number of hydrogen-bond acceptors (Lipinski definition) is 5. The molecule has 0 spiro atoms. The van der Waals surface area contributed by atoms with Crippen molar-refractivity contribution in [2.45, 2.75) is 17.7 Å². The van der Waals surface area contributed by atoms with Gasteiger partial charge in [0.1, 0.15) is 11.6 Å². The lowest BCUT2D eigenvalue weighted by atomic mass is 10.3. The lowest BCUT2D eigenvalue weighted by Gasteiger charge is -2.21. The van der Waals surface area contributed by atoms with Gasteiger partial charge in [-0.3, -0.25) is 9.69 Å². The van der Waals surface area contributed by atoms with Gasteiger partial charge in [0.2, 0.25) is 15.9 Å². The van der Waals surface area contributed by atoms with E-state index in [1.807, 2.05) is 0 Å². The van der Waals surface area contributed by atoms with Gasteiger partial charge in [0.15, 0.2) is 0 Å².